The SMILES string of the molecule is CC1(C)COCCN1C(CCN)C(=O)O. The Bertz CT molecular complexity index is 231. The van der Waals surface area contributed by atoms with E-state index in [2.05, 4.69) is 0 Å². The molecule has 0 aromatic heterocycles. The van der Waals surface area contributed by atoms with Crippen LogP contribution in [0, 0.1) is 0 Å². The highest BCUT2D eigenvalue weighted by Crippen LogP contribution is 2.23. The van der Waals surface area contributed by atoms with Gasteiger partial charge in [-0.15, -0.1) is 0 Å². The van der Waals surface area contributed by atoms with Gasteiger partial charge in [-0.2, -0.15) is 0 Å². The van der Waals surface area contributed by atoms with Crippen LogP contribution in [0.5, 0.6) is 0 Å². The summed E-state index contributed by atoms with van der Waals surface area (Å²) >= 11 is 0. The van der Waals surface area contributed by atoms with E-state index in [0.29, 0.717) is 32.7 Å². The molecular weight excluding hydrogens is 196 g/mol. The van der Waals surface area contributed by atoms with Crippen LogP contribution in [-0.4, -0.2) is 53.9 Å². The number of ether oxygens (including phenoxy) is 1. The predicted octanol–water partition coefficient (Wildman–Crippen LogP) is -0.101. The fourth-order valence-electron chi connectivity index (χ4n) is 2.02. The molecule has 1 unspecified atom stereocenters. The van der Waals surface area contributed by atoms with Crippen LogP contribution in [-0.2, 0) is 9.53 Å². The van der Waals surface area contributed by atoms with E-state index in [0.717, 1.165) is 0 Å². The maximum absolute atomic E-state index is 11.1. The molecule has 1 atom stereocenters. The second-order valence-electron chi connectivity index (χ2n) is 4.49. The van der Waals surface area contributed by atoms with Gasteiger partial charge in [-0.1, -0.05) is 0 Å². The van der Waals surface area contributed by atoms with Gasteiger partial charge in [0.05, 0.1) is 13.2 Å². The van der Waals surface area contributed by atoms with E-state index in [9.17, 15) is 4.79 Å². The lowest BCUT2D eigenvalue weighted by Crippen LogP contribution is -2.59. The van der Waals surface area contributed by atoms with Crippen molar-refractivity contribution in [3.05, 3.63) is 0 Å². The second kappa shape index (κ2) is 4.92. The summed E-state index contributed by atoms with van der Waals surface area (Å²) in [5.74, 6) is -0.796. The van der Waals surface area contributed by atoms with E-state index in [4.69, 9.17) is 15.6 Å². The average Bonchev–Trinajstić information content (AvgIpc) is 2.14. The molecule has 0 spiro atoms. The van der Waals surface area contributed by atoms with E-state index in [-0.39, 0.29) is 5.54 Å². The molecule has 5 nitrogen and oxygen atoms in total. The monoisotopic (exact) mass is 216 g/mol. The summed E-state index contributed by atoms with van der Waals surface area (Å²) in [6.07, 6.45) is 0.485. The number of carboxylic acid groups (broad SMARTS) is 1. The Kier molecular flexibility index (Phi) is 4.07. The van der Waals surface area contributed by atoms with Crippen LogP contribution >= 0.6 is 0 Å². The molecule has 1 aliphatic rings. The molecule has 0 saturated carbocycles. The number of carbonyl (C=O) groups is 1. The molecule has 0 amide bonds. The molecule has 1 rings (SSSR count). The number of nitrogens with zero attached hydrogens (tertiary/aromatic N) is 1. The van der Waals surface area contributed by atoms with Crippen molar-refractivity contribution < 1.29 is 14.6 Å². The third-order valence-electron chi connectivity index (χ3n) is 2.81. The van der Waals surface area contributed by atoms with Crippen molar-refractivity contribution in [2.75, 3.05) is 26.3 Å². The van der Waals surface area contributed by atoms with Crippen molar-refractivity contribution in [2.24, 2.45) is 5.73 Å². The van der Waals surface area contributed by atoms with Crippen molar-refractivity contribution in [1.29, 1.82) is 0 Å². The molecule has 5 heteroatoms. The van der Waals surface area contributed by atoms with Crippen LogP contribution in [0.15, 0.2) is 0 Å². The third kappa shape index (κ3) is 2.90. The maximum atomic E-state index is 11.1. The van der Waals surface area contributed by atoms with Gasteiger partial charge in [0.2, 0.25) is 0 Å². The summed E-state index contributed by atoms with van der Waals surface area (Å²) in [5, 5.41) is 9.15. The number of hydrogen-bond acceptors (Lipinski definition) is 4. The zero-order chi connectivity index (χ0) is 11.5. The lowest BCUT2D eigenvalue weighted by Gasteiger charge is -2.45. The normalized spacial score (nSPS) is 23.7. The zero-order valence-electron chi connectivity index (χ0n) is 9.40. The molecule has 0 aromatic rings. The first-order valence-corrected chi connectivity index (χ1v) is 5.26. The average molecular weight is 216 g/mol. The standard InChI is InChI=1S/C10H20N2O3/c1-10(2)7-15-6-5-12(10)8(3-4-11)9(13)14/h8H,3-7,11H2,1-2H3,(H,13,14). The van der Waals surface area contributed by atoms with Gasteiger partial charge >= 0.3 is 5.97 Å². The van der Waals surface area contributed by atoms with Gasteiger partial charge in [0.1, 0.15) is 6.04 Å². The summed E-state index contributed by atoms with van der Waals surface area (Å²) in [5.41, 5.74) is 5.22. The molecular formula is C10H20N2O3. The Morgan fingerprint density at radius 2 is 2.33 bits per heavy atom. The summed E-state index contributed by atoms with van der Waals surface area (Å²) < 4.78 is 5.36. The van der Waals surface area contributed by atoms with E-state index in [1.807, 2.05) is 18.7 Å². The van der Waals surface area contributed by atoms with Gasteiger partial charge in [0.15, 0.2) is 0 Å². The highest BCUT2D eigenvalue weighted by Gasteiger charge is 2.38. The molecule has 0 aliphatic carbocycles. The van der Waals surface area contributed by atoms with Crippen molar-refractivity contribution in [3.63, 3.8) is 0 Å². The van der Waals surface area contributed by atoms with Crippen LogP contribution < -0.4 is 5.73 Å². The Morgan fingerprint density at radius 1 is 1.67 bits per heavy atom. The van der Waals surface area contributed by atoms with Gasteiger partial charge in [-0.3, -0.25) is 9.69 Å². The minimum Gasteiger partial charge on any atom is -0.480 e. The van der Waals surface area contributed by atoms with Gasteiger partial charge in [-0.25, -0.2) is 0 Å². The summed E-state index contributed by atoms with van der Waals surface area (Å²) in [6, 6.07) is -0.492. The van der Waals surface area contributed by atoms with Crippen molar-refractivity contribution in [2.45, 2.75) is 31.8 Å². The Labute approximate surface area is 90.2 Å². The minimum atomic E-state index is -0.796. The van der Waals surface area contributed by atoms with Crippen molar-refractivity contribution in [1.82, 2.24) is 4.90 Å². The third-order valence-corrected chi connectivity index (χ3v) is 2.81. The van der Waals surface area contributed by atoms with Gasteiger partial charge < -0.3 is 15.6 Å². The quantitative estimate of drug-likeness (QED) is 0.686. The summed E-state index contributed by atoms with van der Waals surface area (Å²) in [6.45, 7) is 6.21. The number of rotatable bonds is 4. The molecule has 0 radical (unpaired) electrons. The maximum Gasteiger partial charge on any atom is 0.320 e. The number of nitrogens with two attached hydrogens (primary N) is 1. The molecule has 88 valence electrons. The highest BCUT2D eigenvalue weighted by atomic mass is 16.5. The number of morpholine rings is 1. The number of hydrogen-bond donors (Lipinski definition) is 2. The summed E-state index contributed by atoms with van der Waals surface area (Å²) in [7, 11) is 0. The number of aliphatic carboxylic acids is 1. The van der Waals surface area contributed by atoms with Crippen LogP contribution in [0.3, 0.4) is 0 Å². The number of carboxylic acids is 1. The second-order valence-corrected chi connectivity index (χ2v) is 4.49. The van der Waals surface area contributed by atoms with Crippen LogP contribution in [0.4, 0.5) is 0 Å². The van der Waals surface area contributed by atoms with Crippen LogP contribution in [0.1, 0.15) is 20.3 Å². The molecule has 15 heavy (non-hydrogen) atoms. The Hall–Kier alpha value is -0.650. The first-order chi connectivity index (χ1) is 6.99. The molecule has 1 heterocycles. The smallest absolute Gasteiger partial charge is 0.320 e. The fourth-order valence-corrected chi connectivity index (χ4v) is 2.02. The molecule has 1 fully saturated rings. The zero-order valence-corrected chi connectivity index (χ0v) is 9.40. The summed E-state index contributed by atoms with van der Waals surface area (Å²) in [4.78, 5) is 13.1. The molecule has 1 aliphatic heterocycles. The van der Waals surface area contributed by atoms with E-state index in [1.54, 1.807) is 0 Å². The van der Waals surface area contributed by atoms with E-state index in [1.165, 1.54) is 0 Å². The largest absolute Gasteiger partial charge is 0.480 e. The lowest BCUT2D eigenvalue weighted by molar-refractivity contribution is -0.151. The molecule has 1 saturated heterocycles. The lowest BCUT2D eigenvalue weighted by atomic mass is 9.98. The molecule has 3 N–H and O–H groups in total. The fraction of sp³-hybridized carbons (Fsp3) is 0.900. The van der Waals surface area contributed by atoms with E-state index >= 15 is 0 Å². The van der Waals surface area contributed by atoms with Crippen molar-refractivity contribution in [3.8, 4) is 0 Å². The Balaban J connectivity index is 2.76. The first-order valence-electron chi connectivity index (χ1n) is 5.26. The van der Waals surface area contributed by atoms with Crippen LogP contribution in [0.25, 0.3) is 0 Å². The van der Waals surface area contributed by atoms with Crippen molar-refractivity contribution >= 4 is 5.97 Å². The Morgan fingerprint density at radius 3 is 2.80 bits per heavy atom. The highest BCUT2D eigenvalue weighted by molar-refractivity contribution is 5.73. The minimum absolute atomic E-state index is 0.226. The van der Waals surface area contributed by atoms with Crippen LogP contribution in [0.2, 0.25) is 0 Å². The molecule has 0 aromatic carbocycles. The first kappa shape index (κ1) is 12.4. The predicted molar refractivity (Wildman–Crippen MR) is 56.7 cm³/mol. The van der Waals surface area contributed by atoms with E-state index < -0.39 is 12.0 Å². The molecule has 0 bridgehead atoms. The topological polar surface area (TPSA) is 75.8 Å². The van der Waals surface area contributed by atoms with Gasteiger partial charge in [0.25, 0.3) is 0 Å². The van der Waals surface area contributed by atoms with Gasteiger partial charge in [0, 0.05) is 12.1 Å². The van der Waals surface area contributed by atoms with Gasteiger partial charge in [-0.05, 0) is 26.8 Å².